The average molecular weight is 469 g/mol. The molecule has 0 bridgehead atoms. The fourth-order valence-corrected chi connectivity index (χ4v) is 2.51. The molecule has 168 valence electrons. The van der Waals surface area contributed by atoms with Gasteiger partial charge in [0.25, 0.3) is 5.91 Å². The van der Waals surface area contributed by atoms with Crippen LogP contribution in [0.5, 0.6) is 11.5 Å². The van der Waals surface area contributed by atoms with Gasteiger partial charge in [-0.25, -0.2) is 4.79 Å². The van der Waals surface area contributed by atoms with Crippen LogP contribution in [0.3, 0.4) is 0 Å². The Labute approximate surface area is 185 Å². The number of ether oxygens (including phenoxy) is 3. The van der Waals surface area contributed by atoms with Crippen molar-refractivity contribution < 1.29 is 37.0 Å². The molecule has 2 rings (SSSR count). The van der Waals surface area contributed by atoms with Crippen LogP contribution >= 0.6 is 11.6 Å². The lowest BCUT2D eigenvalue weighted by Crippen LogP contribution is -2.20. The first-order chi connectivity index (χ1) is 15.1. The van der Waals surface area contributed by atoms with E-state index in [9.17, 15) is 22.8 Å². The zero-order valence-electron chi connectivity index (χ0n) is 16.5. The third-order valence-corrected chi connectivity index (χ3v) is 4.13. The van der Waals surface area contributed by atoms with Crippen LogP contribution in [0.4, 0.5) is 18.9 Å². The van der Waals surface area contributed by atoms with E-state index < -0.39 is 30.2 Å². The van der Waals surface area contributed by atoms with Crippen molar-refractivity contribution in [2.45, 2.75) is 6.18 Å². The summed E-state index contributed by atoms with van der Waals surface area (Å²) in [5, 5.41) is 10.6. The quantitative estimate of drug-likeness (QED) is 0.453. The van der Waals surface area contributed by atoms with Crippen LogP contribution in [0.2, 0.25) is 5.02 Å². The Hall–Kier alpha value is -3.71. The van der Waals surface area contributed by atoms with Gasteiger partial charge in [-0.1, -0.05) is 17.7 Å². The maximum absolute atomic E-state index is 12.8. The number of nitrogens with zero attached hydrogens (tertiary/aromatic N) is 1. The van der Waals surface area contributed by atoms with Crippen LogP contribution in [0.25, 0.3) is 6.08 Å². The van der Waals surface area contributed by atoms with Gasteiger partial charge in [-0.2, -0.15) is 18.4 Å². The number of carbonyl (C=O) groups excluding carboxylic acids is 2. The second kappa shape index (κ2) is 11.1. The van der Waals surface area contributed by atoms with E-state index in [0.717, 1.165) is 18.2 Å². The summed E-state index contributed by atoms with van der Waals surface area (Å²) in [5.41, 5.74) is -0.705. The Morgan fingerprint density at radius 2 is 1.94 bits per heavy atom. The molecule has 0 fully saturated rings. The molecule has 0 aromatic heterocycles. The standard InChI is InChI=1S/C21H16ClF3N2O5/c1-30-18-10-13(2-6-17(18)31-9-8-26)3-7-20(29)32-12-19(28)27-16-11-14(21(23,24)25)4-5-15(16)22/h2-7,10-11H,9,12H2,1H3,(H,27,28)/b7-3+. The Bertz CT molecular complexity index is 1060. The molecule has 0 saturated carbocycles. The molecule has 2 aromatic rings. The van der Waals surface area contributed by atoms with Gasteiger partial charge in [-0.15, -0.1) is 0 Å². The lowest BCUT2D eigenvalue weighted by atomic mass is 10.2. The van der Waals surface area contributed by atoms with E-state index >= 15 is 0 Å². The summed E-state index contributed by atoms with van der Waals surface area (Å²) in [4.78, 5) is 23.7. The Kier molecular flexibility index (Phi) is 8.49. The molecule has 1 N–H and O–H groups in total. The number of methoxy groups -OCH3 is 1. The number of halogens is 4. The van der Waals surface area contributed by atoms with E-state index in [4.69, 9.17) is 31.1 Å². The number of nitriles is 1. The van der Waals surface area contributed by atoms with Crippen LogP contribution in [0, 0.1) is 11.3 Å². The topological polar surface area (TPSA) is 97.7 Å². The molecular formula is C21H16ClF3N2O5. The van der Waals surface area contributed by atoms with Crippen LogP contribution in [0.1, 0.15) is 11.1 Å². The van der Waals surface area contributed by atoms with Gasteiger partial charge in [0, 0.05) is 6.08 Å². The van der Waals surface area contributed by atoms with Crippen LogP contribution < -0.4 is 14.8 Å². The van der Waals surface area contributed by atoms with Gasteiger partial charge in [0.2, 0.25) is 0 Å². The van der Waals surface area contributed by atoms with Gasteiger partial charge in [-0.3, -0.25) is 4.79 Å². The Balaban J connectivity index is 1.94. The van der Waals surface area contributed by atoms with E-state index in [2.05, 4.69) is 5.32 Å². The summed E-state index contributed by atoms with van der Waals surface area (Å²) in [7, 11) is 1.41. The molecule has 0 spiro atoms. The first kappa shape index (κ1) is 24.6. The zero-order valence-corrected chi connectivity index (χ0v) is 17.3. The normalized spacial score (nSPS) is 11.0. The maximum atomic E-state index is 12.8. The molecule has 0 aliphatic rings. The Morgan fingerprint density at radius 1 is 1.19 bits per heavy atom. The number of hydrogen-bond acceptors (Lipinski definition) is 6. The molecule has 0 aliphatic heterocycles. The fraction of sp³-hybridized carbons (Fsp3) is 0.190. The van der Waals surface area contributed by atoms with Gasteiger partial charge in [0.1, 0.15) is 6.07 Å². The number of alkyl halides is 3. The third kappa shape index (κ3) is 7.21. The highest BCUT2D eigenvalue weighted by molar-refractivity contribution is 6.33. The summed E-state index contributed by atoms with van der Waals surface area (Å²) >= 11 is 5.80. The largest absolute Gasteiger partial charge is 0.493 e. The third-order valence-electron chi connectivity index (χ3n) is 3.81. The lowest BCUT2D eigenvalue weighted by Gasteiger charge is -2.11. The van der Waals surface area contributed by atoms with E-state index in [1.54, 1.807) is 18.2 Å². The molecule has 0 atom stereocenters. The SMILES string of the molecule is COc1cc(/C=C/C(=O)OCC(=O)Nc2cc(C(F)(F)F)ccc2Cl)ccc1OCC#N. The molecule has 0 radical (unpaired) electrons. The van der Waals surface area contributed by atoms with Crippen LogP contribution in [-0.4, -0.2) is 32.2 Å². The zero-order chi connectivity index (χ0) is 23.7. The molecule has 0 aliphatic carbocycles. The van der Waals surface area contributed by atoms with Crippen molar-refractivity contribution in [3.8, 4) is 17.6 Å². The van der Waals surface area contributed by atoms with Crippen molar-refractivity contribution in [3.05, 3.63) is 58.6 Å². The summed E-state index contributed by atoms with van der Waals surface area (Å²) in [6, 6.07) is 8.99. The second-order valence-corrected chi connectivity index (χ2v) is 6.45. The number of hydrogen-bond donors (Lipinski definition) is 1. The minimum absolute atomic E-state index is 0.103. The van der Waals surface area contributed by atoms with E-state index in [0.29, 0.717) is 23.1 Å². The molecule has 2 aromatic carbocycles. The minimum atomic E-state index is -4.61. The number of amides is 1. The molecule has 0 saturated heterocycles. The van der Waals surface area contributed by atoms with E-state index in [1.807, 2.05) is 6.07 Å². The van der Waals surface area contributed by atoms with Gasteiger partial charge in [0.15, 0.2) is 24.7 Å². The summed E-state index contributed by atoms with van der Waals surface area (Å²) in [6.45, 7) is -0.897. The molecular weight excluding hydrogens is 453 g/mol. The molecule has 32 heavy (non-hydrogen) atoms. The lowest BCUT2D eigenvalue weighted by molar-refractivity contribution is -0.142. The van der Waals surface area contributed by atoms with Crippen LogP contribution in [-0.2, 0) is 20.5 Å². The van der Waals surface area contributed by atoms with Crippen molar-refractivity contribution in [1.82, 2.24) is 0 Å². The minimum Gasteiger partial charge on any atom is -0.493 e. The van der Waals surface area contributed by atoms with Crippen molar-refractivity contribution in [2.24, 2.45) is 0 Å². The highest BCUT2D eigenvalue weighted by Crippen LogP contribution is 2.33. The highest BCUT2D eigenvalue weighted by atomic mass is 35.5. The number of rotatable bonds is 8. The number of benzene rings is 2. The van der Waals surface area contributed by atoms with Crippen molar-refractivity contribution >= 4 is 35.2 Å². The van der Waals surface area contributed by atoms with Crippen molar-refractivity contribution in [1.29, 1.82) is 5.26 Å². The molecule has 7 nitrogen and oxygen atoms in total. The van der Waals surface area contributed by atoms with Crippen molar-refractivity contribution in [2.75, 3.05) is 25.6 Å². The van der Waals surface area contributed by atoms with Crippen LogP contribution in [0.15, 0.2) is 42.5 Å². The predicted molar refractivity (Wildman–Crippen MR) is 109 cm³/mol. The Morgan fingerprint density at radius 3 is 2.59 bits per heavy atom. The average Bonchev–Trinajstić information content (AvgIpc) is 2.75. The summed E-state index contributed by atoms with van der Waals surface area (Å²) in [6.07, 6.45) is -2.17. The predicted octanol–water partition coefficient (Wildman–Crippen LogP) is 4.46. The van der Waals surface area contributed by atoms with Gasteiger partial charge in [-0.05, 0) is 42.0 Å². The molecule has 0 unspecified atom stereocenters. The van der Waals surface area contributed by atoms with Gasteiger partial charge < -0.3 is 19.5 Å². The first-order valence-corrected chi connectivity index (χ1v) is 9.21. The van der Waals surface area contributed by atoms with Crippen molar-refractivity contribution in [3.63, 3.8) is 0 Å². The smallest absolute Gasteiger partial charge is 0.416 e. The molecule has 0 heterocycles. The molecule has 11 heteroatoms. The summed E-state index contributed by atoms with van der Waals surface area (Å²) in [5.74, 6) is -1.04. The second-order valence-electron chi connectivity index (χ2n) is 6.04. The monoisotopic (exact) mass is 468 g/mol. The highest BCUT2D eigenvalue weighted by Gasteiger charge is 2.31. The number of esters is 1. The summed E-state index contributed by atoms with van der Waals surface area (Å²) < 4.78 is 53.4. The molecule has 1 amide bonds. The van der Waals surface area contributed by atoms with E-state index in [-0.39, 0.29) is 17.3 Å². The number of carbonyl (C=O) groups is 2. The number of nitrogens with one attached hydrogen (secondary N) is 1. The van der Waals surface area contributed by atoms with Gasteiger partial charge in [0.05, 0.1) is 23.4 Å². The number of anilines is 1. The fourth-order valence-electron chi connectivity index (χ4n) is 2.35. The van der Waals surface area contributed by atoms with Gasteiger partial charge >= 0.3 is 12.1 Å². The van der Waals surface area contributed by atoms with E-state index in [1.165, 1.54) is 13.2 Å². The maximum Gasteiger partial charge on any atom is 0.416 e. The first-order valence-electron chi connectivity index (χ1n) is 8.83.